The zero-order valence-electron chi connectivity index (χ0n) is 14.2. The fourth-order valence-corrected chi connectivity index (χ4v) is 4.50. The second-order valence-corrected chi connectivity index (χ2v) is 7.70. The summed E-state index contributed by atoms with van der Waals surface area (Å²) in [5.74, 6) is 1.37. The van der Waals surface area contributed by atoms with Gasteiger partial charge >= 0.3 is 0 Å². The van der Waals surface area contributed by atoms with Crippen molar-refractivity contribution in [3.8, 4) is 0 Å². The largest absolute Gasteiger partial charge is 0.381 e. The normalized spacial score (nSPS) is 29.3. The van der Waals surface area contributed by atoms with Crippen LogP contribution in [0.15, 0.2) is 12.4 Å². The lowest BCUT2D eigenvalue weighted by molar-refractivity contribution is -0.0486. The minimum absolute atomic E-state index is 0.132. The highest BCUT2D eigenvalue weighted by Crippen LogP contribution is 2.42. The maximum atomic E-state index is 6.31. The molecule has 0 aromatic carbocycles. The zero-order valence-corrected chi connectivity index (χ0v) is 14.2. The first-order chi connectivity index (χ1) is 11.2. The summed E-state index contributed by atoms with van der Waals surface area (Å²) in [5.41, 5.74) is 1.47. The van der Waals surface area contributed by atoms with Gasteiger partial charge in [0.15, 0.2) is 0 Å². The molecule has 1 atom stereocenters. The number of hydrogen-bond donors (Lipinski definition) is 0. The molecule has 128 valence electrons. The monoisotopic (exact) mass is 319 g/mol. The number of piperidine rings is 1. The standard InChI is InChI=1S/C18H29N3O2/c1-20-13-17(11-19-20)16-10-18(23-14-16)4-6-21(7-5-18)12-15-2-8-22-9-3-15/h11,13,15-16H,2-10,12,14H2,1H3/t16-/m0/s1. The average molecular weight is 319 g/mol. The molecule has 3 aliphatic rings. The molecule has 4 heterocycles. The second kappa shape index (κ2) is 6.54. The van der Waals surface area contributed by atoms with E-state index < -0.39 is 0 Å². The Morgan fingerprint density at radius 2 is 2.04 bits per heavy atom. The van der Waals surface area contributed by atoms with Crippen molar-refractivity contribution in [2.24, 2.45) is 13.0 Å². The van der Waals surface area contributed by atoms with E-state index in [-0.39, 0.29) is 5.60 Å². The molecule has 1 aromatic heterocycles. The van der Waals surface area contributed by atoms with Gasteiger partial charge in [0.1, 0.15) is 0 Å². The lowest BCUT2D eigenvalue weighted by Crippen LogP contribution is -2.46. The lowest BCUT2D eigenvalue weighted by atomic mass is 9.83. The number of rotatable bonds is 3. The SMILES string of the molecule is Cn1cc([C@@H]2COC3(CCN(CC4CCOCC4)CC3)C2)cn1. The van der Waals surface area contributed by atoms with E-state index in [0.717, 1.165) is 25.7 Å². The van der Waals surface area contributed by atoms with E-state index in [1.165, 1.54) is 57.3 Å². The van der Waals surface area contributed by atoms with Crippen molar-refractivity contribution in [3.05, 3.63) is 18.0 Å². The minimum Gasteiger partial charge on any atom is -0.381 e. The van der Waals surface area contributed by atoms with Gasteiger partial charge in [0.05, 0.1) is 18.4 Å². The molecule has 5 nitrogen and oxygen atoms in total. The van der Waals surface area contributed by atoms with Crippen molar-refractivity contribution in [1.29, 1.82) is 0 Å². The van der Waals surface area contributed by atoms with Crippen LogP contribution in [0.2, 0.25) is 0 Å². The van der Waals surface area contributed by atoms with E-state index in [1.54, 1.807) is 0 Å². The molecule has 0 radical (unpaired) electrons. The third-order valence-electron chi connectivity index (χ3n) is 6.03. The van der Waals surface area contributed by atoms with Gasteiger partial charge in [-0.2, -0.15) is 5.10 Å². The summed E-state index contributed by atoms with van der Waals surface area (Å²) in [6.07, 6.45) is 10.2. The lowest BCUT2D eigenvalue weighted by Gasteiger charge is -2.40. The van der Waals surface area contributed by atoms with Crippen LogP contribution in [0, 0.1) is 5.92 Å². The van der Waals surface area contributed by atoms with E-state index in [1.807, 2.05) is 17.9 Å². The molecule has 0 saturated carbocycles. The van der Waals surface area contributed by atoms with Crippen molar-refractivity contribution < 1.29 is 9.47 Å². The van der Waals surface area contributed by atoms with Crippen LogP contribution in [0.5, 0.6) is 0 Å². The molecule has 1 aromatic rings. The van der Waals surface area contributed by atoms with Gasteiger partial charge in [-0.15, -0.1) is 0 Å². The summed E-state index contributed by atoms with van der Waals surface area (Å²) in [5, 5.41) is 4.31. The van der Waals surface area contributed by atoms with Crippen molar-refractivity contribution in [3.63, 3.8) is 0 Å². The molecule has 0 bridgehead atoms. The summed E-state index contributed by atoms with van der Waals surface area (Å²) in [4.78, 5) is 2.65. The Morgan fingerprint density at radius 1 is 1.26 bits per heavy atom. The predicted molar refractivity (Wildman–Crippen MR) is 88.5 cm³/mol. The van der Waals surface area contributed by atoms with Crippen molar-refractivity contribution in [2.45, 2.75) is 43.6 Å². The summed E-state index contributed by atoms with van der Waals surface area (Å²) < 4.78 is 13.7. The molecule has 3 aliphatic heterocycles. The molecular formula is C18H29N3O2. The highest BCUT2D eigenvalue weighted by molar-refractivity contribution is 5.15. The van der Waals surface area contributed by atoms with E-state index in [2.05, 4.69) is 16.2 Å². The van der Waals surface area contributed by atoms with Gasteiger partial charge in [-0.25, -0.2) is 0 Å². The van der Waals surface area contributed by atoms with Gasteiger partial charge in [0.25, 0.3) is 0 Å². The number of hydrogen-bond acceptors (Lipinski definition) is 4. The Kier molecular flexibility index (Phi) is 4.43. The highest BCUT2D eigenvalue weighted by Gasteiger charge is 2.43. The quantitative estimate of drug-likeness (QED) is 0.856. The number of ether oxygens (including phenoxy) is 2. The van der Waals surface area contributed by atoms with Gasteiger partial charge in [-0.05, 0) is 43.6 Å². The Morgan fingerprint density at radius 3 is 2.74 bits per heavy atom. The molecule has 3 fully saturated rings. The van der Waals surface area contributed by atoms with E-state index in [9.17, 15) is 0 Å². The Balaban J connectivity index is 1.29. The molecule has 0 amide bonds. The third kappa shape index (κ3) is 3.47. The summed E-state index contributed by atoms with van der Waals surface area (Å²) in [7, 11) is 1.99. The topological polar surface area (TPSA) is 39.5 Å². The van der Waals surface area contributed by atoms with E-state index in [4.69, 9.17) is 9.47 Å². The molecule has 3 saturated heterocycles. The van der Waals surface area contributed by atoms with E-state index >= 15 is 0 Å². The van der Waals surface area contributed by atoms with Crippen LogP contribution in [0.25, 0.3) is 0 Å². The maximum absolute atomic E-state index is 6.31. The Labute approximate surface area is 138 Å². The molecule has 0 aliphatic carbocycles. The van der Waals surface area contributed by atoms with E-state index in [0.29, 0.717) is 5.92 Å². The molecule has 0 N–H and O–H groups in total. The third-order valence-corrected chi connectivity index (χ3v) is 6.03. The molecule has 1 spiro atoms. The molecular weight excluding hydrogens is 290 g/mol. The number of aromatic nitrogens is 2. The van der Waals surface area contributed by atoms with Crippen LogP contribution in [0.1, 0.15) is 43.6 Å². The molecule has 23 heavy (non-hydrogen) atoms. The van der Waals surface area contributed by atoms with Gasteiger partial charge in [-0.3, -0.25) is 4.68 Å². The van der Waals surface area contributed by atoms with Gasteiger partial charge in [0.2, 0.25) is 0 Å². The molecule has 5 heteroatoms. The van der Waals surface area contributed by atoms with Crippen LogP contribution in [0.3, 0.4) is 0 Å². The maximum Gasteiger partial charge on any atom is 0.0713 e. The Bertz CT molecular complexity index is 516. The van der Waals surface area contributed by atoms with Crippen LogP contribution in [-0.2, 0) is 16.5 Å². The molecule has 0 unspecified atom stereocenters. The zero-order chi connectivity index (χ0) is 15.7. The first kappa shape index (κ1) is 15.6. The van der Waals surface area contributed by atoms with Gasteiger partial charge < -0.3 is 14.4 Å². The first-order valence-electron chi connectivity index (χ1n) is 9.15. The highest BCUT2D eigenvalue weighted by atomic mass is 16.5. The average Bonchev–Trinajstić information content (AvgIpc) is 3.18. The van der Waals surface area contributed by atoms with Crippen molar-refractivity contribution >= 4 is 0 Å². The van der Waals surface area contributed by atoms with Crippen LogP contribution in [-0.4, -0.2) is 59.7 Å². The predicted octanol–water partition coefficient (Wildman–Crippen LogP) is 2.19. The fraction of sp³-hybridized carbons (Fsp3) is 0.833. The summed E-state index contributed by atoms with van der Waals surface area (Å²) in [6, 6.07) is 0. The second-order valence-electron chi connectivity index (χ2n) is 7.70. The Hall–Kier alpha value is -0.910. The number of nitrogens with zero attached hydrogens (tertiary/aromatic N) is 3. The van der Waals surface area contributed by atoms with Gasteiger partial charge in [-0.1, -0.05) is 0 Å². The van der Waals surface area contributed by atoms with Gasteiger partial charge in [0, 0.05) is 52.0 Å². The van der Waals surface area contributed by atoms with Crippen molar-refractivity contribution in [2.75, 3.05) is 39.5 Å². The molecule has 4 rings (SSSR count). The van der Waals surface area contributed by atoms with Crippen molar-refractivity contribution in [1.82, 2.24) is 14.7 Å². The number of aryl methyl sites for hydroxylation is 1. The number of likely N-dealkylation sites (tertiary alicyclic amines) is 1. The summed E-state index contributed by atoms with van der Waals surface area (Å²) >= 11 is 0. The summed E-state index contributed by atoms with van der Waals surface area (Å²) in [6.45, 7) is 6.42. The fourth-order valence-electron chi connectivity index (χ4n) is 4.50. The minimum atomic E-state index is 0.132. The first-order valence-corrected chi connectivity index (χ1v) is 9.15. The van der Waals surface area contributed by atoms with Crippen LogP contribution < -0.4 is 0 Å². The van der Waals surface area contributed by atoms with Crippen LogP contribution >= 0.6 is 0 Å². The van der Waals surface area contributed by atoms with Crippen LogP contribution in [0.4, 0.5) is 0 Å². The smallest absolute Gasteiger partial charge is 0.0713 e.